The number of nitrogens with two attached hydrogens (primary N) is 1. The van der Waals surface area contributed by atoms with Gasteiger partial charge in [-0.05, 0) is 11.4 Å². The molecule has 88 valence electrons. The Morgan fingerprint density at radius 2 is 2.38 bits per heavy atom. The van der Waals surface area contributed by atoms with E-state index in [1.165, 1.54) is 7.11 Å². The maximum Gasteiger partial charge on any atom is 0.407 e. The number of amides is 2. The Hall–Kier alpha value is -1.56. The van der Waals surface area contributed by atoms with Crippen LogP contribution in [0.1, 0.15) is 11.3 Å². The molecule has 2 amide bonds. The molecule has 1 aromatic heterocycles. The molecule has 0 radical (unpaired) electrons. The molecule has 0 spiro atoms. The van der Waals surface area contributed by atoms with Crippen molar-refractivity contribution in [3.8, 4) is 0 Å². The minimum Gasteiger partial charge on any atom is -0.453 e. The lowest BCUT2D eigenvalue weighted by atomic mass is 10.1. The molecule has 0 saturated carbocycles. The summed E-state index contributed by atoms with van der Waals surface area (Å²) in [5.41, 5.74) is 5.11. The van der Waals surface area contributed by atoms with Crippen molar-refractivity contribution in [1.82, 2.24) is 5.32 Å². The van der Waals surface area contributed by atoms with E-state index in [0.29, 0.717) is 6.42 Å². The molecule has 0 aliphatic carbocycles. The average Bonchev–Trinajstić information content (AvgIpc) is 2.69. The van der Waals surface area contributed by atoms with Gasteiger partial charge in [0.15, 0.2) is 0 Å². The number of nitrogens with one attached hydrogen (secondary N) is 1. The van der Waals surface area contributed by atoms with Crippen molar-refractivity contribution in [3.05, 3.63) is 22.4 Å². The Morgan fingerprint density at radius 3 is 2.88 bits per heavy atom. The van der Waals surface area contributed by atoms with Gasteiger partial charge in [-0.1, -0.05) is 6.07 Å². The van der Waals surface area contributed by atoms with Crippen molar-refractivity contribution in [3.63, 3.8) is 0 Å². The van der Waals surface area contributed by atoms with E-state index in [-0.39, 0.29) is 12.5 Å². The Labute approximate surface area is 97.6 Å². The van der Waals surface area contributed by atoms with Crippen LogP contribution in [0.4, 0.5) is 4.79 Å². The predicted octanol–water partition coefficient (Wildman–Crippen LogP) is 0.891. The van der Waals surface area contributed by atoms with Gasteiger partial charge in [-0.25, -0.2) is 4.79 Å². The number of methoxy groups -OCH3 is 1. The Balaban J connectivity index is 2.56. The molecule has 5 nitrogen and oxygen atoms in total. The van der Waals surface area contributed by atoms with Crippen LogP contribution in [-0.4, -0.2) is 25.2 Å². The van der Waals surface area contributed by atoms with Crippen LogP contribution in [0.15, 0.2) is 17.5 Å². The Morgan fingerprint density at radius 1 is 1.62 bits per heavy atom. The zero-order valence-corrected chi connectivity index (χ0v) is 9.75. The Bertz CT molecular complexity index is 351. The molecule has 1 rings (SSSR count). The first-order chi connectivity index (χ1) is 7.61. The lowest BCUT2D eigenvalue weighted by molar-refractivity contribution is -0.118. The fourth-order valence-corrected chi connectivity index (χ4v) is 2.10. The Kier molecular flexibility index (Phi) is 4.78. The first kappa shape index (κ1) is 12.5. The molecule has 0 saturated heterocycles. The number of rotatable bonds is 5. The van der Waals surface area contributed by atoms with E-state index >= 15 is 0 Å². The van der Waals surface area contributed by atoms with E-state index < -0.39 is 12.0 Å². The summed E-state index contributed by atoms with van der Waals surface area (Å²) in [6.07, 6.45) is 0.130. The quantitative estimate of drug-likeness (QED) is 0.804. The zero-order valence-electron chi connectivity index (χ0n) is 8.93. The van der Waals surface area contributed by atoms with E-state index in [9.17, 15) is 9.59 Å². The van der Waals surface area contributed by atoms with Gasteiger partial charge in [0.2, 0.25) is 5.91 Å². The van der Waals surface area contributed by atoms with Crippen LogP contribution >= 0.6 is 11.3 Å². The van der Waals surface area contributed by atoms with Crippen LogP contribution in [0.5, 0.6) is 0 Å². The molecular formula is C10H14N2O3S. The molecule has 0 aromatic carbocycles. The van der Waals surface area contributed by atoms with Crippen LogP contribution in [0, 0.1) is 0 Å². The van der Waals surface area contributed by atoms with Gasteiger partial charge in [0.05, 0.1) is 7.11 Å². The van der Waals surface area contributed by atoms with Gasteiger partial charge >= 0.3 is 6.09 Å². The van der Waals surface area contributed by atoms with Crippen LogP contribution in [0.25, 0.3) is 0 Å². The van der Waals surface area contributed by atoms with Crippen molar-refractivity contribution < 1.29 is 14.3 Å². The predicted molar refractivity (Wildman–Crippen MR) is 61.2 cm³/mol. The summed E-state index contributed by atoms with van der Waals surface area (Å²) in [4.78, 5) is 23.0. The van der Waals surface area contributed by atoms with Crippen molar-refractivity contribution in [2.75, 3.05) is 7.11 Å². The summed E-state index contributed by atoms with van der Waals surface area (Å²) >= 11 is 1.57. The number of carbonyl (C=O) groups excluding carboxylic acids is 2. The normalized spacial score (nSPS) is 11.8. The van der Waals surface area contributed by atoms with Gasteiger partial charge in [0.1, 0.15) is 0 Å². The van der Waals surface area contributed by atoms with Crippen molar-refractivity contribution in [1.29, 1.82) is 0 Å². The van der Waals surface area contributed by atoms with Crippen molar-refractivity contribution in [2.45, 2.75) is 18.9 Å². The number of primary amides is 1. The average molecular weight is 242 g/mol. The second-order valence-corrected chi connectivity index (χ2v) is 4.32. The molecular weight excluding hydrogens is 228 g/mol. The highest BCUT2D eigenvalue weighted by Gasteiger charge is 2.16. The minimum atomic E-state index is -0.553. The summed E-state index contributed by atoms with van der Waals surface area (Å²) in [5, 5.41) is 4.52. The standard InChI is InChI=1S/C10H14N2O3S/c1-15-10(14)12-7(6-9(11)13)5-8-3-2-4-16-8/h2-4,7H,5-6H2,1H3,(H2,11,13)(H,12,14). The maximum atomic E-state index is 11.1. The van der Waals surface area contributed by atoms with Crippen LogP contribution in [0.2, 0.25) is 0 Å². The summed E-state index contributed by atoms with van der Waals surface area (Å²) in [7, 11) is 1.28. The minimum absolute atomic E-state index is 0.104. The highest BCUT2D eigenvalue weighted by molar-refractivity contribution is 7.09. The molecule has 0 aliphatic rings. The van der Waals surface area contributed by atoms with Gasteiger partial charge < -0.3 is 15.8 Å². The third kappa shape index (κ3) is 4.31. The molecule has 1 atom stereocenters. The van der Waals surface area contributed by atoms with E-state index in [2.05, 4.69) is 10.1 Å². The second-order valence-electron chi connectivity index (χ2n) is 3.29. The largest absolute Gasteiger partial charge is 0.453 e. The highest BCUT2D eigenvalue weighted by Crippen LogP contribution is 2.12. The summed E-state index contributed by atoms with van der Waals surface area (Å²) in [5.74, 6) is -0.446. The first-order valence-electron chi connectivity index (χ1n) is 4.77. The zero-order chi connectivity index (χ0) is 12.0. The summed E-state index contributed by atoms with van der Waals surface area (Å²) in [6.45, 7) is 0. The van der Waals surface area contributed by atoms with Crippen LogP contribution in [-0.2, 0) is 16.0 Å². The highest BCUT2D eigenvalue weighted by atomic mass is 32.1. The first-order valence-corrected chi connectivity index (χ1v) is 5.65. The molecule has 3 N–H and O–H groups in total. The van der Waals surface area contributed by atoms with Gasteiger partial charge in [0, 0.05) is 23.8 Å². The monoisotopic (exact) mass is 242 g/mol. The van der Waals surface area contributed by atoms with Crippen molar-refractivity contribution in [2.24, 2.45) is 5.73 Å². The summed E-state index contributed by atoms with van der Waals surface area (Å²) < 4.78 is 4.48. The number of hydrogen-bond donors (Lipinski definition) is 2. The van der Waals surface area contributed by atoms with Gasteiger partial charge in [0.25, 0.3) is 0 Å². The lowest BCUT2D eigenvalue weighted by Crippen LogP contribution is -2.39. The number of carbonyl (C=O) groups is 2. The van der Waals surface area contributed by atoms with Crippen LogP contribution in [0.3, 0.4) is 0 Å². The number of thiophene rings is 1. The molecule has 0 fully saturated rings. The smallest absolute Gasteiger partial charge is 0.407 e. The summed E-state index contributed by atoms with van der Waals surface area (Å²) in [6, 6.07) is 3.54. The molecule has 1 aromatic rings. The second kappa shape index (κ2) is 6.12. The van der Waals surface area contributed by atoms with Gasteiger partial charge in [-0.3, -0.25) is 4.79 Å². The maximum absolute atomic E-state index is 11.1. The molecule has 16 heavy (non-hydrogen) atoms. The van der Waals surface area contributed by atoms with Gasteiger partial charge in [-0.15, -0.1) is 11.3 Å². The number of ether oxygens (including phenoxy) is 1. The molecule has 1 unspecified atom stereocenters. The number of alkyl carbamates (subject to hydrolysis) is 1. The molecule has 0 aliphatic heterocycles. The fourth-order valence-electron chi connectivity index (χ4n) is 1.31. The van der Waals surface area contributed by atoms with E-state index in [1.54, 1.807) is 11.3 Å². The van der Waals surface area contributed by atoms with Crippen molar-refractivity contribution >= 4 is 23.3 Å². The van der Waals surface area contributed by atoms with Crippen LogP contribution < -0.4 is 11.1 Å². The molecule has 1 heterocycles. The number of hydrogen-bond acceptors (Lipinski definition) is 4. The van der Waals surface area contributed by atoms with Gasteiger partial charge in [-0.2, -0.15) is 0 Å². The third-order valence-electron chi connectivity index (χ3n) is 1.98. The van der Waals surface area contributed by atoms with E-state index in [0.717, 1.165) is 4.88 Å². The third-order valence-corrected chi connectivity index (χ3v) is 2.88. The molecule has 0 bridgehead atoms. The lowest BCUT2D eigenvalue weighted by Gasteiger charge is -2.15. The SMILES string of the molecule is COC(=O)NC(CC(N)=O)Cc1cccs1. The van der Waals surface area contributed by atoms with E-state index in [4.69, 9.17) is 5.73 Å². The topological polar surface area (TPSA) is 81.4 Å². The fraction of sp³-hybridized carbons (Fsp3) is 0.400. The van der Waals surface area contributed by atoms with E-state index in [1.807, 2.05) is 17.5 Å². The molecule has 6 heteroatoms.